The van der Waals surface area contributed by atoms with Crippen LogP contribution in [0.3, 0.4) is 0 Å². The van der Waals surface area contributed by atoms with Crippen molar-refractivity contribution in [2.75, 3.05) is 13.2 Å². The van der Waals surface area contributed by atoms with Gasteiger partial charge >= 0.3 is 0 Å². The maximum Gasteiger partial charge on any atom is 0.287 e. The molecule has 0 bridgehead atoms. The van der Waals surface area contributed by atoms with E-state index in [2.05, 4.69) is 15.8 Å². The van der Waals surface area contributed by atoms with Crippen LogP contribution in [0, 0.1) is 6.92 Å². The zero-order chi connectivity index (χ0) is 21.7. The standard InChI is InChI=1S/C21H23Cl2N3O4/c1-3-9-24-21(28)20-12(2)19-15(5-4-6-17(19)30-20)25-26-18(27)11-29-16-8-7-13(22)10-14(16)23/h7-8,10H,3-6,9,11H2,1-2H3,(H,24,28)(H,26,27)/b25-15+. The topological polar surface area (TPSA) is 92.9 Å². The van der Waals surface area contributed by atoms with Crippen LogP contribution < -0.4 is 15.5 Å². The number of rotatable bonds is 7. The minimum absolute atomic E-state index is 0.236. The molecular formula is C21H23Cl2N3O4. The van der Waals surface area contributed by atoms with E-state index in [0.29, 0.717) is 40.2 Å². The Morgan fingerprint density at radius 1 is 1.27 bits per heavy atom. The van der Waals surface area contributed by atoms with Gasteiger partial charge in [-0.25, -0.2) is 5.43 Å². The Labute approximate surface area is 184 Å². The monoisotopic (exact) mass is 451 g/mol. The van der Waals surface area contributed by atoms with Gasteiger partial charge in [0.05, 0.1) is 10.7 Å². The minimum Gasteiger partial charge on any atom is -0.482 e. The minimum atomic E-state index is -0.428. The van der Waals surface area contributed by atoms with Gasteiger partial charge in [0.1, 0.15) is 11.5 Å². The highest BCUT2D eigenvalue weighted by Crippen LogP contribution is 2.30. The summed E-state index contributed by atoms with van der Waals surface area (Å²) in [6.07, 6.45) is 3.06. The Kier molecular flexibility index (Phi) is 7.39. The Bertz CT molecular complexity index is 985. The van der Waals surface area contributed by atoms with Gasteiger partial charge in [0, 0.05) is 29.1 Å². The lowest BCUT2D eigenvalue weighted by molar-refractivity contribution is -0.123. The van der Waals surface area contributed by atoms with Gasteiger partial charge in [-0.2, -0.15) is 5.10 Å². The first-order valence-electron chi connectivity index (χ1n) is 9.74. The van der Waals surface area contributed by atoms with Gasteiger partial charge in [-0.3, -0.25) is 9.59 Å². The molecule has 3 rings (SSSR count). The second-order valence-corrected chi connectivity index (χ2v) is 7.76. The lowest BCUT2D eigenvalue weighted by atomic mass is 9.93. The van der Waals surface area contributed by atoms with Gasteiger partial charge in [-0.15, -0.1) is 0 Å². The van der Waals surface area contributed by atoms with E-state index in [1.165, 1.54) is 6.07 Å². The number of ether oxygens (including phenoxy) is 1. The molecule has 7 nitrogen and oxygen atoms in total. The summed E-state index contributed by atoms with van der Waals surface area (Å²) < 4.78 is 11.2. The number of amides is 2. The predicted octanol–water partition coefficient (Wildman–Crippen LogP) is 4.27. The van der Waals surface area contributed by atoms with E-state index < -0.39 is 5.91 Å². The number of fused-ring (bicyclic) bond motifs is 1. The van der Waals surface area contributed by atoms with E-state index in [1.807, 2.05) is 13.8 Å². The zero-order valence-electron chi connectivity index (χ0n) is 16.8. The van der Waals surface area contributed by atoms with E-state index >= 15 is 0 Å². The maximum atomic E-state index is 12.3. The Morgan fingerprint density at radius 2 is 2.07 bits per heavy atom. The molecule has 1 aliphatic carbocycles. The highest BCUT2D eigenvalue weighted by molar-refractivity contribution is 6.35. The molecule has 2 aromatic rings. The van der Waals surface area contributed by atoms with Crippen molar-refractivity contribution in [1.82, 2.24) is 10.7 Å². The summed E-state index contributed by atoms with van der Waals surface area (Å²) in [6, 6.07) is 4.76. The molecule has 2 N–H and O–H groups in total. The van der Waals surface area contributed by atoms with E-state index in [1.54, 1.807) is 12.1 Å². The van der Waals surface area contributed by atoms with Crippen LogP contribution >= 0.6 is 23.2 Å². The van der Waals surface area contributed by atoms with Crippen molar-refractivity contribution in [3.8, 4) is 5.75 Å². The molecule has 0 spiro atoms. The molecule has 9 heteroatoms. The summed E-state index contributed by atoms with van der Waals surface area (Å²) in [5.74, 6) is 0.716. The molecular weight excluding hydrogens is 429 g/mol. The molecule has 1 heterocycles. The van der Waals surface area contributed by atoms with E-state index in [-0.39, 0.29) is 12.5 Å². The number of carbonyl (C=O) groups is 2. The van der Waals surface area contributed by atoms with Crippen LogP contribution in [0.2, 0.25) is 10.0 Å². The molecule has 1 aromatic heterocycles. The number of benzene rings is 1. The molecule has 30 heavy (non-hydrogen) atoms. The Hall–Kier alpha value is -2.51. The Balaban J connectivity index is 1.67. The highest BCUT2D eigenvalue weighted by Gasteiger charge is 2.27. The summed E-state index contributed by atoms with van der Waals surface area (Å²) in [5.41, 5.74) is 4.72. The number of hydrazone groups is 1. The van der Waals surface area contributed by atoms with Crippen molar-refractivity contribution < 1.29 is 18.7 Å². The fraction of sp³-hybridized carbons (Fsp3) is 0.381. The molecule has 0 fully saturated rings. The van der Waals surface area contributed by atoms with Gasteiger partial charge < -0.3 is 14.5 Å². The van der Waals surface area contributed by atoms with Crippen molar-refractivity contribution in [2.24, 2.45) is 5.10 Å². The first kappa shape index (κ1) is 22.2. The molecule has 0 radical (unpaired) electrons. The van der Waals surface area contributed by atoms with Gasteiger partial charge in [0.25, 0.3) is 11.8 Å². The summed E-state index contributed by atoms with van der Waals surface area (Å²) in [4.78, 5) is 24.5. The van der Waals surface area contributed by atoms with Crippen molar-refractivity contribution in [1.29, 1.82) is 0 Å². The third kappa shape index (κ3) is 5.15. The molecule has 160 valence electrons. The van der Waals surface area contributed by atoms with E-state index in [0.717, 1.165) is 36.1 Å². The molecule has 0 saturated heterocycles. The van der Waals surface area contributed by atoms with Gasteiger partial charge in [0.2, 0.25) is 0 Å². The second kappa shape index (κ2) is 10.00. The lowest BCUT2D eigenvalue weighted by Gasteiger charge is -2.13. The fourth-order valence-corrected chi connectivity index (χ4v) is 3.68. The SMILES string of the molecule is CCCNC(=O)c1oc2c(c1C)/C(=N/NC(=O)COc1ccc(Cl)cc1Cl)CCC2. The predicted molar refractivity (Wildman–Crippen MR) is 116 cm³/mol. The van der Waals surface area contributed by atoms with Crippen molar-refractivity contribution >= 4 is 40.7 Å². The van der Waals surface area contributed by atoms with Crippen LogP contribution in [0.25, 0.3) is 0 Å². The number of nitrogens with zero attached hydrogens (tertiary/aromatic N) is 1. The van der Waals surface area contributed by atoms with Crippen molar-refractivity contribution in [2.45, 2.75) is 39.5 Å². The third-order valence-corrected chi connectivity index (χ3v) is 5.17. The molecule has 0 unspecified atom stereocenters. The highest BCUT2D eigenvalue weighted by atomic mass is 35.5. The number of carbonyl (C=O) groups excluding carboxylic acids is 2. The Morgan fingerprint density at radius 3 is 2.80 bits per heavy atom. The largest absolute Gasteiger partial charge is 0.482 e. The quantitative estimate of drug-likeness (QED) is 0.614. The normalized spacial score (nSPS) is 14.3. The van der Waals surface area contributed by atoms with Crippen LogP contribution in [-0.2, 0) is 11.2 Å². The summed E-state index contributed by atoms with van der Waals surface area (Å²) >= 11 is 11.9. The first-order chi connectivity index (χ1) is 14.4. The fourth-order valence-electron chi connectivity index (χ4n) is 3.21. The number of aryl methyl sites for hydroxylation is 1. The van der Waals surface area contributed by atoms with Crippen LogP contribution in [0.4, 0.5) is 0 Å². The summed E-state index contributed by atoms with van der Waals surface area (Å²) in [6.45, 7) is 4.15. The van der Waals surface area contributed by atoms with Gasteiger partial charge in [0.15, 0.2) is 12.4 Å². The molecule has 1 aromatic carbocycles. The van der Waals surface area contributed by atoms with Crippen LogP contribution in [-0.4, -0.2) is 30.7 Å². The van der Waals surface area contributed by atoms with Gasteiger partial charge in [-0.05, 0) is 44.4 Å². The number of furan rings is 1. The van der Waals surface area contributed by atoms with Gasteiger partial charge in [-0.1, -0.05) is 30.1 Å². The average Bonchev–Trinajstić information content (AvgIpc) is 3.07. The number of nitrogens with one attached hydrogen (secondary N) is 2. The van der Waals surface area contributed by atoms with E-state index in [4.69, 9.17) is 32.4 Å². The molecule has 0 atom stereocenters. The maximum absolute atomic E-state index is 12.3. The van der Waals surface area contributed by atoms with Crippen LogP contribution in [0.5, 0.6) is 5.75 Å². The number of hydrogen-bond acceptors (Lipinski definition) is 5. The second-order valence-electron chi connectivity index (χ2n) is 6.92. The molecule has 0 saturated carbocycles. The van der Waals surface area contributed by atoms with Crippen LogP contribution in [0.1, 0.15) is 53.6 Å². The van der Waals surface area contributed by atoms with Crippen molar-refractivity contribution in [3.05, 3.63) is 50.9 Å². The lowest BCUT2D eigenvalue weighted by Crippen LogP contribution is -2.27. The van der Waals surface area contributed by atoms with E-state index in [9.17, 15) is 9.59 Å². The van der Waals surface area contributed by atoms with Crippen molar-refractivity contribution in [3.63, 3.8) is 0 Å². The first-order valence-corrected chi connectivity index (χ1v) is 10.5. The number of halogens is 2. The zero-order valence-corrected chi connectivity index (χ0v) is 18.3. The summed E-state index contributed by atoms with van der Waals surface area (Å²) in [5, 5.41) is 7.89. The number of hydrogen-bond donors (Lipinski definition) is 2. The van der Waals surface area contributed by atoms with Crippen LogP contribution in [0.15, 0.2) is 27.7 Å². The smallest absolute Gasteiger partial charge is 0.287 e. The molecule has 0 aliphatic heterocycles. The average molecular weight is 452 g/mol. The summed E-state index contributed by atoms with van der Waals surface area (Å²) in [7, 11) is 0. The molecule has 1 aliphatic rings. The third-order valence-electron chi connectivity index (χ3n) is 4.64. The molecule has 2 amide bonds.